The zero-order chi connectivity index (χ0) is 22.8. The number of carbonyl (C=O) groups is 3. The Morgan fingerprint density at radius 2 is 1.34 bits per heavy atom. The van der Waals surface area contributed by atoms with Crippen molar-refractivity contribution in [2.75, 3.05) is 6.61 Å². The van der Waals surface area contributed by atoms with Gasteiger partial charge in [0.1, 0.15) is 11.5 Å². The predicted octanol–water partition coefficient (Wildman–Crippen LogP) is 3.30. The van der Waals surface area contributed by atoms with Crippen LogP contribution >= 0.6 is 0 Å². The van der Waals surface area contributed by atoms with Crippen molar-refractivity contribution in [2.45, 2.75) is 19.4 Å². The second-order valence-electron chi connectivity index (χ2n) is 6.93. The lowest BCUT2D eigenvalue weighted by Gasteiger charge is -2.15. The molecule has 0 saturated heterocycles. The van der Waals surface area contributed by atoms with Crippen molar-refractivity contribution in [1.82, 2.24) is 10.9 Å². The summed E-state index contributed by atoms with van der Waals surface area (Å²) in [4.78, 5) is 36.5. The van der Waals surface area contributed by atoms with Crippen LogP contribution in [0, 0.1) is 0 Å². The number of hydrogen-bond acceptors (Lipinski definition) is 5. The van der Waals surface area contributed by atoms with Crippen LogP contribution in [0.25, 0.3) is 0 Å². The fourth-order valence-electron chi connectivity index (χ4n) is 2.77. The van der Waals surface area contributed by atoms with E-state index < -0.39 is 12.0 Å². The standard InChI is InChI=1S/C25H24N2O5/c1-18(25(30)27-26-23(28)16-17-31-21-10-6-3-7-11-21)32-22-14-12-20(13-15-22)24(29)19-8-4-2-5-9-19/h2-15,18H,16-17H2,1H3,(H,26,28)(H,27,30). The summed E-state index contributed by atoms with van der Waals surface area (Å²) in [5, 5.41) is 0. The topological polar surface area (TPSA) is 93.7 Å². The van der Waals surface area contributed by atoms with Gasteiger partial charge in [0.25, 0.3) is 5.91 Å². The molecule has 2 N–H and O–H groups in total. The molecule has 0 aliphatic heterocycles. The lowest BCUT2D eigenvalue weighted by Crippen LogP contribution is -2.47. The van der Waals surface area contributed by atoms with Gasteiger partial charge in [-0.3, -0.25) is 25.2 Å². The van der Waals surface area contributed by atoms with Gasteiger partial charge in [-0.1, -0.05) is 48.5 Å². The maximum Gasteiger partial charge on any atom is 0.279 e. The van der Waals surface area contributed by atoms with Crippen LogP contribution in [-0.2, 0) is 9.59 Å². The van der Waals surface area contributed by atoms with Gasteiger partial charge >= 0.3 is 0 Å². The van der Waals surface area contributed by atoms with Gasteiger partial charge in [0.2, 0.25) is 5.91 Å². The Balaban J connectivity index is 1.41. The van der Waals surface area contributed by atoms with Crippen molar-refractivity contribution in [3.05, 3.63) is 96.1 Å². The van der Waals surface area contributed by atoms with Gasteiger partial charge < -0.3 is 9.47 Å². The summed E-state index contributed by atoms with van der Waals surface area (Å²) >= 11 is 0. The molecule has 1 atom stereocenters. The monoisotopic (exact) mass is 432 g/mol. The first kappa shape index (κ1) is 22.6. The first-order chi connectivity index (χ1) is 15.5. The van der Waals surface area contributed by atoms with Gasteiger partial charge in [-0.2, -0.15) is 0 Å². The number of benzene rings is 3. The van der Waals surface area contributed by atoms with Crippen molar-refractivity contribution >= 4 is 17.6 Å². The highest BCUT2D eigenvalue weighted by molar-refractivity contribution is 6.09. The molecular weight excluding hydrogens is 408 g/mol. The Morgan fingerprint density at radius 3 is 2.00 bits per heavy atom. The third kappa shape index (κ3) is 6.70. The van der Waals surface area contributed by atoms with Crippen molar-refractivity contribution in [1.29, 1.82) is 0 Å². The molecule has 0 aliphatic carbocycles. The van der Waals surface area contributed by atoms with E-state index in [1.165, 1.54) is 0 Å². The molecule has 3 aromatic rings. The minimum atomic E-state index is -0.855. The molecule has 0 aliphatic rings. The molecule has 0 radical (unpaired) electrons. The molecular formula is C25H24N2O5. The number of amides is 2. The summed E-state index contributed by atoms with van der Waals surface area (Å²) in [6.45, 7) is 1.74. The van der Waals surface area contributed by atoms with E-state index in [2.05, 4.69) is 10.9 Å². The van der Waals surface area contributed by atoms with Crippen LogP contribution in [0.1, 0.15) is 29.3 Å². The Kier molecular flexibility index (Phi) is 7.97. The van der Waals surface area contributed by atoms with Crippen LogP contribution < -0.4 is 20.3 Å². The van der Waals surface area contributed by atoms with Gasteiger partial charge in [-0.15, -0.1) is 0 Å². The molecule has 0 spiro atoms. The smallest absolute Gasteiger partial charge is 0.279 e. The average molecular weight is 432 g/mol. The number of rotatable bonds is 9. The van der Waals surface area contributed by atoms with Gasteiger partial charge in [0, 0.05) is 11.1 Å². The van der Waals surface area contributed by atoms with E-state index >= 15 is 0 Å². The third-order valence-corrected chi connectivity index (χ3v) is 4.50. The largest absolute Gasteiger partial charge is 0.493 e. The summed E-state index contributed by atoms with van der Waals surface area (Å²) < 4.78 is 11.0. The highest BCUT2D eigenvalue weighted by atomic mass is 16.5. The Bertz CT molecular complexity index is 1040. The maximum absolute atomic E-state index is 12.4. The molecule has 7 heteroatoms. The van der Waals surface area contributed by atoms with Crippen LogP contribution in [0.15, 0.2) is 84.9 Å². The van der Waals surface area contributed by atoms with E-state index in [0.717, 1.165) is 0 Å². The van der Waals surface area contributed by atoms with Gasteiger partial charge in [0.05, 0.1) is 13.0 Å². The van der Waals surface area contributed by atoms with Crippen LogP contribution in [0.3, 0.4) is 0 Å². The predicted molar refractivity (Wildman–Crippen MR) is 119 cm³/mol. The zero-order valence-electron chi connectivity index (χ0n) is 17.6. The Labute approximate surface area is 186 Å². The molecule has 1 unspecified atom stereocenters. The highest BCUT2D eigenvalue weighted by Gasteiger charge is 2.16. The summed E-state index contributed by atoms with van der Waals surface area (Å²) in [6, 6.07) is 24.6. The molecule has 32 heavy (non-hydrogen) atoms. The highest BCUT2D eigenvalue weighted by Crippen LogP contribution is 2.16. The first-order valence-corrected chi connectivity index (χ1v) is 10.2. The summed E-state index contributed by atoms with van der Waals surface area (Å²) in [5.41, 5.74) is 5.78. The lowest BCUT2D eigenvalue weighted by atomic mass is 10.0. The number of hydrazine groups is 1. The van der Waals surface area contributed by atoms with E-state index in [0.29, 0.717) is 22.6 Å². The molecule has 3 rings (SSSR count). The van der Waals surface area contributed by atoms with E-state index in [1.54, 1.807) is 67.6 Å². The number of para-hydroxylation sites is 1. The SMILES string of the molecule is CC(Oc1ccc(C(=O)c2ccccc2)cc1)C(=O)NNC(=O)CCOc1ccccc1. The van der Waals surface area contributed by atoms with E-state index in [4.69, 9.17) is 9.47 Å². The van der Waals surface area contributed by atoms with E-state index in [9.17, 15) is 14.4 Å². The molecule has 0 saturated carbocycles. The summed E-state index contributed by atoms with van der Waals surface area (Å²) in [7, 11) is 0. The van der Waals surface area contributed by atoms with Crippen LogP contribution in [-0.4, -0.2) is 30.3 Å². The minimum absolute atomic E-state index is 0.0846. The average Bonchev–Trinajstić information content (AvgIpc) is 2.83. The minimum Gasteiger partial charge on any atom is -0.493 e. The van der Waals surface area contributed by atoms with Crippen molar-refractivity contribution in [3.8, 4) is 11.5 Å². The summed E-state index contributed by atoms with van der Waals surface area (Å²) in [6.07, 6.45) is -0.770. The molecule has 0 aromatic heterocycles. The van der Waals surface area contributed by atoms with Gasteiger partial charge in [0.15, 0.2) is 11.9 Å². The lowest BCUT2D eigenvalue weighted by molar-refractivity contribution is -0.132. The number of ketones is 1. The van der Waals surface area contributed by atoms with Crippen molar-refractivity contribution in [3.63, 3.8) is 0 Å². The normalized spacial score (nSPS) is 11.2. The van der Waals surface area contributed by atoms with Crippen molar-refractivity contribution in [2.24, 2.45) is 0 Å². The van der Waals surface area contributed by atoms with Crippen molar-refractivity contribution < 1.29 is 23.9 Å². The molecule has 164 valence electrons. The Morgan fingerprint density at radius 1 is 0.750 bits per heavy atom. The van der Waals surface area contributed by atoms with Crippen LogP contribution in [0.4, 0.5) is 0 Å². The number of nitrogens with one attached hydrogen (secondary N) is 2. The second kappa shape index (κ2) is 11.3. The third-order valence-electron chi connectivity index (χ3n) is 4.50. The fourth-order valence-corrected chi connectivity index (χ4v) is 2.77. The summed E-state index contributed by atoms with van der Waals surface area (Å²) in [5.74, 6) is 0.113. The number of ether oxygens (including phenoxy) is 2. The number of carbonyl (C=O) groups excluding carboxylic acids is 3. The Hall–Kier alpha value is -4.13. The molecule has 3 aromatic carbocycles. The quantitative estimate of drug-likeness (QED) is 0.400. The molecule has 0 heterocycles. The van der Waals surface area contributed by atoms with E-state index in [-0.39, 0.29) is 24.7 Å². The van der Waals surface area contributed by atoms with Gasteiger partial charge in [-0.25, -0.2) is 0 Å². The molecule has 0 fully saturated rings. The second-order valence-corrected chi connectivity index (χ2v) is 6.93. The molecule has 7 nitrogen and oxygen atoms in total. The van der Waals surface area contributed by atoms with Crippen LogP contribution in [0.5, 0.6) is 11.5 Å². The maximum atomic E-state index is 12.4. The molecule has 2 amide bonds. The first-order valence-electron chi connectivity index (χ1n) is 10.2. The fraction of sp³-hybridized carbons (Fsp3) is 0.160. The number of hydrogen-bond donors (Lipinski definition) is 2. The van der Waals surface area contributed by atoms with Crippen LogP contribution in [0.2, 0.25) is 0 Å². The molecule has 0 bridgehead atoms. The zero-order valence-corrected chi connectivity index (χ0v) is 17.6. The van der Waals surface area contributed by atoms with Gasteiger partial charge in [-0.05, 0) is 43.3 Å². The van der Waals surface area contributed by atoms with E-state index in [1.807, 2.05) is 24.3 Å².